The first-order valence-corrected chi connectivity index (χ1v) is 5.62. The smallest absolute Gasteiger partial charge is 0.341 e. The minimum atomic E-state index is -0.485. The molecule has 1 aromatic carbocycles. The number of hydrogen-bond donors (Lipinski definition) is 0. The first-order chi connectivity index (χ1) is 7.63. The highest BCUT2D eigenvalue weighted by Gasteiger charge is 2.16. The summed E-state index contributed by atoms with van der Waals surface area (Å²) in [5.74, 6) is -0.485. The van der Waals surface area contributed by atoms with E-state index in [-0.39, 0.29) is 5.15 Å². The fraction of sp³-hybridized carbons (Fsp3) is 0.0909. The van der Waals surface area contributed by atoms with Crippen molar-refractivity contribution in [2.45, 2.75) is 0 Å². The first kappa shape index (κ1) is 11.4. The van der Waals surface area contributed by atoms with Crippen molar-refractivity contribution in [3.63, 3.8) is 0 Å². The third kappa shape index (κ3) is 1.90. The number of esters is 1. The molecule has 2 rings (SSSR count). The van der Waals surface area contributed by atoms with Gasteiger partial charge in [0.1, 0.15) is 10.7 Å². The summed E-state index contributed by atoms with van der Waals surface area (Å²) in [7, 11) is 1.31. The van der Waals surface area contributed by atoms with Crippen molar-refractivity contribution in [3.8, 4) is 0 Å². The zero-order chi connectivity index (χ0) is 11.7. The van der Waals surface area contributed by atoms with E-state index < -0.39 is 5.97 Å². The Morgan fingerprint density at radius 3 is 2.94 bits per heavy atom. The molecule has 5 heteroatoms. The van der Waals surface area contributed by atoms with E-state index in [2.05, 4.69) is 25.7 Å². The number of benzene rings is 1. The molecule has 0 unspecified atom stereocenters. The van der Waals surface area contributed by atoms with Crippen LogP contribution in [0.2, 0.25) is 5.15 Å². The van der Waals surface area contributed by atoms with Crippen LogP contribution in [0.25, 0.3) is 10.8 Å². The first-order valence-electron chi connectivity index (χ1n) is 4.45. The summed E-state index contributed by atoms with van der Waals surface area (Å²) in [5, 5.41) is 1.71. The van der Waals surface area contributed by atoms with Gasteiger partial charge in [-0.2, -0.15) is 0 Å². The number of carbonyl (C=O) groups excluding carboxylic acids is 1. The average Bonchev–Trinajstić information content (AvgIpc) is 2.28. The quantitative estimate of drug-likeness (QED) is 0.598. The van der Waals surface area contributed by atoms with Gasteiger partial charge < -0.3 is 4.74 Å². The molecule has 0 saturated heterocycles. The van der Waals surface area contributed by atoms with E-state index in [1.165, 1.54) is 7.11 Å². The number of rotatable bonds is 1. The number of fused-ring (bicyclic) bond motifs is 1. The van der Waals surface area contributed by atoms with Gasteiger partial charge >= 0.3 is 5.97 Å². The number of halogens is 2. The van der Waals surface area contributed by atoms with Crippen LogP contribution >= 0.6 is 27.5 Å². The molecule has 0 fully saturated rings. The second kappa shape index (κ2) is 4.39. The van der Waals surface area contributed by atoms with Crippen molar-refractivity contribution >= 4 is 44.3 Å². The lowest BCUT2D eigenvalue weighted by atomic mass is 10.1. The van der Waals surface area contributed by atoms with E-state index >= 15 is 0 Å². The van der Waals surface area contributed by atoms with Gasteiger partial charge in [0.25, 0.3) is 0 Å². The van der Waals surface area contributed by atoms with Gasteiger partial charge in [-0.15, -0.1) is 0 Å². The van der Waals surface area contributed by atoms with Crippen molar-refractivity contribution in [2.75, 3.05) is 7.11 Å². The molecule has 0 saturated carbocycles. The summed E-state index contributed by atoms with van der Waals surface area (Å²) < 4.78 is 5.55. The SMILES string of the molecule is COC(=O)c1c(Cl)ncc2ccc(Br)cc12. The number of nitrogens with zero attached hydrogens (tertiary/aromatic N) is 1. The third-order valence-corrected chi connectivity index (χ3v) is 2.98. The van der Waals surface area contributed by atoms with Gasteiger partial charge in [0.2, 0.25) is 0 Å². The fourth-order valence-electron chi connectivity index (χ4n) is 1.46. The van der Waals surface area contributed by atoms with Crippen LogP contribution in [0.5, 0.6) is 0 Å². The predicted octanol–water partition coefficient (Wildman–Crippen LogP) is 3.44. The number of aromatic nitrogens is 1. The lowest BCUT2D eigenvalue weighted by Crippen LogP contribution is -2.04. The van der Waals surface area contributed by atoms with Crippen LogP contribution in [-0.2, 0) is 4.74 Å². The van der Waals surface area contributed by atoms with Crippen molar-refractivity contribution in [3.05, 3.63) is 39.6 Å². The maximum absolute atomic E-state index is 11.6. The molecular formula is C11H7BrClNO2. The summed E-state index contributed by atoms with van der Waals surface area (Å²) >= 11 is 9.25. The summed E-state index contributed by atoms with van der Waals surface area (Å²) in [5.41, 5.74) is 0.294. The van der Waals surface area contributed by atoms with Crippen LogP contribution in [0.3, 0.4) is 0 Å². The molecule has 0 aliphatic carbocycles. The van der Waals surface area contributed by atoms with Crippen LogP contribution in [0.4, 0.5) is 0 Å². The molecule has 16 heavy (non-hydrogen) atoms. The molecule has 82 valence electrons. The van der Waals surface area contributed by atoms with E-state index in [0.717, 1.165) is 15.2 Å². The second-order valence-electron chi connectivity index (χ2n) is 3.15. The van der Waals surface area contributed by atoms with Gasteiger partial charge in [-0.1, -0.05) is 33.6 Å². The topological polar surface area (TPSA) is 39.2 Å². The van der Waals surface area contributed by atoms with Crippen LogP contribution in [0, 0.1) is 0 Å². The Bertz CT molecular complexity index is 566. The molecule has 0 aliphatic heterocycles. The van der Waals surface area contributed by atoms with Crippen LogP contribution < -0.4 is 0 Å². The van der Waals surface area contributed by atoms with Crippen LogP contribution in [0.15, 0.2) is 28.9 Å². The van der Waals surface area contributed by atoms with E-state index in [9.17, 15) is 4.79 Å². The lowest BCUT2D eigenvalue weighted by Gasteiger charge is -2.06. The Kier molecular flexibility index (Phi) is 3.12. The highest BCUT2D eigenvalue weighted by atomic mass is 79.9. The Labute approximate surface area is 106 Å². The van der Waals surface area contributed by atoms with Gasteiger partial charge in [0.05, 0.1) is 7.11 Å². The molecule has 0 N–H and O–H groups in total. The molecule has 3 nitrogen and oxygen atoms in total. The van der Waals surface area contributed by atoms with E-state index in [0.29, 0.717) is 5.56 Å². The summed E-state index contributed by atoms with van der Waals surface area (Å²) in [6, 6.07) is 5.54. The zero-order valence-corrected chi connectivity index (χ0v) is 10.7. The van der Waals surface area contributed by atoms with E-state index in [1.54, 1.807) is 6.20 Å². The molecule has 0 bridgehead atoms. The van der Waals surface area contributed by atoms with Gasteiger partial charge in [-0.25, -0.2) is 9.78 Å². The number of ether oxygens (including phenoxy) is 1. The minimum Gasteiger partial charge on any atom is -0.465 e. The van der Waals surface area contributed by atoms with E-state index in [4.69, 9.17) is 11.6 Å². The number of carbonyl (C=O) groups is 1. The van der Waals surface area contributed by atoms with Crippen molar-refractivity contribution < 1.29 is 9.53 Å². The van der Waals surface area contributed by atoms with Crippen molar-refractivity contribution in [1.82, 2.24) is 4.98 Å². The van der Waals surface area contributed by atoms with Crippen molar-refractivity contribution in [2.24, 2.45) is 0 Å². The summed E-state index contributed by atoms with van der Waals surface area (Å²) in [6.07, 6.45) is 1.62. The third-order valence-electron chi connectivity index (χ3n) is 2.20. The average molecular weight is 301 g/mol. The Balaban J connectivity index is 2.82. The van der Waals surface area contributed by atoms with Crippen LogP contribution in [0.1, 0.15) is 10.4 Å². The fourth-order valence-corrected chi connectivity index (χ4v) is 2.04. The maximum Gasteiger partial charge on any atom is 0.341 e. The zero-order valence-electron chi connectivity index (χ0n) is 8.33. The lowest BCUT2D eigenvalue weighted by molar-refractivity contribution is 0.0603. The van der Waals surface area contributed by atoms with Gasteiger partial charge in [-0.05, 0) is 12.1 Å². The molecule has 0 amide bonds. The Morgan fingerprint density at radius 1 is 1.50 bits per heavy atom. The predicted molar refractivity (Wildman–Crippen MR) is 65.8 cm³/mol. The highest BCUT2D eigenvalue weighted by Crippen LogP contribution is 2.27. The Hall–Kier alpha value is -1.13. The van der Waals surface area contributed by atoms with Gasteiger partial charge in [0.15, 0.2) is 0 Å². The molecule has 0 spiro atoms. The standard InChI is InChI=1S/C11H7BrClNO2/c1-16-11(15)9-8-4-7(12)3-2-6(8)5-14-10(9)13/h2-5H,1H3. The second-order valence-corrected chi connectivity index (χ2v) is 4.42. The van der Waals surface area contributed by atoms with E-state index in [1.807, 2.05) is 18.2 Å². The van der Waals surface area contributed by atoms with Gasteiger partial charge in [-0.3, -0.25) is 0 Å². The molecule has 1 aromatic heterocycles. The molecule has 0 aliphatic rings. The summed E-state index contributed by atoms with van der Waals surface area (Å²) in [4.78, 5) is 15.6. The van der Waals surface area contributed by atoms with Crippen molar-refractivity contribution in [1.29, 1.82) is 0 Å². The molecule has 2 aromatic rings. The molecular weight excluding hydrogens is 293 g/mol. The number of hydrogen-bond acceptors (Lipinski definition) is 3. The largest absolute Gasteiger partial charge is 0.465 e. The molecule has 0 radical (unpaired) electrons. The molecule has 1 heterocycles. The number of methoxy groups -OCH3 is 1. The normalized spacial score (nSPS) is 10.4. The van der Waals surface area contributed by atoms with Gasteiger partial charge in [0, 0.05) is 21.4 Å². The molecule has 0 atom stereocenters. The van der Waals surface area contributed by atoms with Crippen LogP contribution in [-0.4, -0.2) is 18.1 Å². The highest BCUT2D eigenvalue weighted by molar-refractivity contribution is 9.10. The monoisotopic (exact) mass is 299 g/mol. The number of pyridine rings is 1. The Morgan fingerprint density at radius 2 is 2.25 bits per heavy atom. The summed E-state index contributed by atoms with van der Waals surface area (Å²) in [6.45, 7) is 0. The minimum absolute atomic E-state index is 0.150. The maximum atomic E-state index is 11.6.